The van der Waals surface area contributed by atoms with Gasteiger partial charge in [0.2, 0.25) is 0 Å². The molecule has 2 rings (SSSR count). The van der Waals surface area contributed by atoms with E-state index in [1.165, 1.54) is 36.4 Å². The largest absolute Gasteiger partial charge is 0.504 e. The number of thiocarbonyl (C=S) groups is 1. The highest BCUT2D eigenvalue weighted by atomic mass is 32.1. The molecule has 1 unspecified atom stereocenters. The molecule has 0 aliphatic carbocycles. The number of hydrogen-bond acceptors (Lipinski definition) is 6. The zero-order valence-corrected chi connectivity index (χ0v) is 14.3. The SMILES string of the molecule is O=C(O)C(Cc1ccc(O)c(O)c1)NC(=S)/C=C/c1ccc(O)c(O)c1. The normalized spacial score (nSPS) is 12.0. The van der Waals surface area contributed by atoms with Gasteiger partial charge in [-0.05, 0) is 41.5 Å². The van der Waals surface area contributed by atoms with Crippen LogP contribution in [0, 0.1) is 0 Å². The van der Waals surface area contributed by atoms with Gasteiger partial charge in [0.15, 0.2) is 23.0 Å². The van der Waals surface area contributed by atoms with E-state index >= 15 is 0 Å². The third kappa shape index (κ3) is 5.12. The summed E-state index contributed by atoms with van der Waals surface area (Å²) in [6.07, 6.45) is 3.06. The van der Waals surface area contributed by atoms with Gasteiger partial charge in [0.1, 0.15) is 6.04 Å². The first-order valence-electron chi connectivity index (χ1n) is 7.50. The Labute approximate surface area is 154 Å². The molecular formula is C18H17NO6S. The lowest BCUT2D eigenvalue weighted by Gasteiger charge is -2.15. The average molecular weight is 375 g/mol. The molecular weight excluding hydrogens is 358 g/mol. The number of carbonyl (C=O) groups is 1. The fraction of sp³-hybridized carbons (Fsp3) is 0.111. The molecule has 136 valence electrons. The smallest absolute Gasteiger partial charge is 0.326 e. The zero-order chi connectivity index (χ0) is 19.3. The Morgan fingerprint density at radius 1 is 1.00 bits per heavy atom. The van der Waals surface area contributed by atoms with Gasteiger partial charge >= 0.3 is 5.97 Å². The topological polar surface area (TPSA) is 130 Å². The summed E-state index contributed by atoms with van der Waals surface area (Å²) >= 11 is 5.11. The second kappa shape index (κ2) is 8.21. The van der Waals surface area contributed by atoms with Crippen molar-refractivity contribution in [1.82, 2.24) is 5.32 Å². The second-order valence-corrected chi connectivity index (χ2v) is 5.95. The highest BCUT2D eigenvalue weighted by molar-refractivity contribution is 7.80. The minimum Gasteiger partial charge on any atom is -0.504 e. The molecule has 0 heterocycles. The van der Waals surface area contributed by atoms with Crippen LogP contribution in [0.5, 0.6) is 23.0 Å². The molecule has 0 spiro atoms. The monoisotopic (exact) mass is 375 g/mol. The van der Waals surface area contributed by atoms with Crippen molar-refractivity contribution in [3.8, 4) is 23.0 Å². The molecule has 0 aliphatic heterocycles. The first kappa shape index (κ1) is 19.1. The minimum absolute atomic E-state index is 0.0388. The molecule has 0 aliphatic rings. The van der Waals surface area contributed by atoms with Crippen molar-refractivity contribution in [2.45, 2.75) is 12.5 Å². The molecule has 0 aromatic heterocycles. The predicted molar refractivity (Wildman–Crippen MR) is 99.4 cm³/mol. The van der Waals surface area contributed by atoms with Gasteiger partial charge in [-0.1, -0.05) is 30.4 Å². The Balaban J connectivity index is 2.05. The first-order valence-corrected chi connectivity index (χ1v) is 7.91. The standard InChI is InChI=1S/C18H17NO6S/c20-13-4-1-10(8-15(13)22)3-6-17(26)19-12(18(24)25)7-11-2-5-14(21)16(23)9-11/h1-6,8-9,12,20-23H,7H2,(H,19,26)(H,24,25)/b6-3+. The van der Waals surface area contributed by atoms with E-state index in [2.05, 4.69) is 5.32 Å². The molecule has 2 aromatic rings. The molecule has 8 heteroatoms. The van der Waals surface area contributed by atoms with Crippen molar-refractivity contribution in [2.24, 2.45) is 0 Å². The summed E-state index contributed by atoms with van der Waals surface area (Å²) in [5.41, 5.74) is 1.08. The van der Waals surface area contributed by atoms with Crippen molar-refractivity contribution in [2.75, 3.05) is 0 Å². The summed E-state index contributed by atoms with van der Waals surface area (Å²) < 4.78 is 0. The van der Waals surface area contributed by atoms with Gasteiger partial charge in [0, 0.05) is 6.42 Å². The summed E-state index contributed by atoms with van der Waals surface area (Å²) in [5, 5.41) is 49.5. The van der Waals surface area contributed by atoms with Gasteiger partial charge in [-0.25, -0.2) is 4.79 Å². The molecule has 0 fully saturated rings. The van der Waals surface area contributed by atoms with E-state index < -0.39 is 12.0 Å². The number of hydrogen-bond donors (Lipinski definition) is 6. The van der Waals surface area contributed by atoms with E-state index in [0.29, 0.717) is 11.1 Å². The fourth-order valence-electron chi connectivity index (χ4n) is 2.17. The predicted octanol–water partition coefficient (Wildman–Crippen LogP) is 2.14. The van der Waals surface area contributed by atoms with E-state index in [0.717, 1.165) is 0 Å². The number of aliphatic carboxylic acids is 1. The summed E-state index contributed by atoms with van der Waals surface area (Å²) in [7, 11) is 0. The summed E-state index contributed by atoms with van der Waals surface area (Å²) in [6.45, 7) is 0. The van der Waals surface area contributed by atoms with Crippen LogP contribution < -0.4 is 5.32 Å². The number of carboxylic acids is 1. The number of rotatable bonds is 6. The van der Waals surface area contributed by atoms with Crippen LogP contribution in [-0.4, -0.2) is 42.5 Å². The maximum absolute atomic E-state index is 11.4. The minimum atomic E-state index is -1.13. The number of phenolic OH excluding ortho intramolecular Hbond substituents is 4. The molecule has 0 bridgehead atoms. The van der Waals surface area contributed by atoms with Gasteiger partial charge in [0.25, 0.3) is 0 Å². The Hall–Kier alpha value is -3.26. The fourth-order valence-corrected chi connectivity index (χ4v) is 2.38. The van der Waals surface area contributed by atoms with Crippen molar-refractivity contribution < 1.29 is 30.3 Å². The van der Waals surface area contributed by atoms with Crippen LogP contribution in [0.3, 0.4) is 0 Å². The van der Waals surface area contributed by atoms with Gasteiger partial charge in [-0.2, -0.15) is 0 Å². The Kier molecular flexibility index (Phi) is 6.03. The quantitative estimate of drug-likeness (QED) is 0.257. The van der Waals surface area contributed by atoms with Gasteiger partial charge in [-0.3, -0.25) is 0 Å². The second-order valence-electron chi connectivity index (χ2n) is 5.51. The average Bonchev–Trinajstić information content (AvgIpc) is 2.58. The van der Waals surface area contributed by atoms with Gasteiger partial charge < -0.3 is 30.8 Å². The van der Waals surface area contributed by atoms with Crippen molar-refractivity contribution in [1.29, 1.82) is 0 Å². The van der Waals surface area contributed by atoms with Crippen molar-refractivity contribution in [3.05, 3.63) is 53.6 Å². The van der Waals surface area contributed by atoms with Crippen LogP contribution in [0.2, 0.25) is 0 Å². The zero-order valence-electron chi connectivity index (χ0n) is 13.5. The van der Waals surface area contributed by atoms with Crippen LogP contribution >= 0.6 is 12.2 Å². The molecule has 1 atom stereocenters. The first-order chi connectivity index (χ1) is 12.3. The van der Waals surface area contributed by atoms with E-state index in [9.17, 15) is 30.3 Å². The number of aromatic hydroxyl groups is 4. The van der Waals surface area contributed by atoms with Crippen LogP contribution in [0.15, 0.2) is 42.5 Å². The Bertz CT molecular complexity index is 865. The van der Waals surface area contributed by atoms with E-state index in [1.807, 2.05) is 0 Å². The third-order valence-electron chi connectivity index (χ3n) is 3.52. The Morgan fingerprint density at radius 3 is 2.19 bits per heavy atom. The lowest BCUT2D eigenvalue weighted by atomic mass is 10.1. The van der Waals surface area contributed by atoms with E-state index in [1.54, 1.807) is 12.1 Å². The molecule has 0 saturated heterocycles. The van der Waals surface area contributed by atoms with Crippen LogP contribution in [0.1, 0.15) is 11.1 Å². The molecule has 0 amide bonds. The third-order valence-corrected chi connectivity index (χ3v) is 3.77. The number of phenols is 4. The summed E-state index contributed by atoms with van der Waals surface area (Å²) in [5.74, 6) is -2.27. The maximum atomic E-state index is 11.4. The van der Waals surface area contributed by atoms with Crippen LogP contribution in [0.25, 0.3) is 6.08 Å². The molecule has 2 aromatic carbocycles. The summed E-state index contributed by atoms with van der Waals surface area (Å²) in [4.78, 5) is 11.6. The molecule has 6 N–H and O–H groups in total. The highest BCUT2D eigenvalue weighted by Crippen LogP contribution is 2.26. The van der Waals surface area contributed by atoms with Crippen molar-refractivity contribution >= 4 is 29.3 Å². The maximum Gasteiger partial charge on any atom is 0.326 e. The molecule has 26 heavy (non-hydrogen) atoms. The van der Waals surface area contributed by atoms with E-state index in [-0.39, 0.29) is 34.4 Å². The lowest BCUT2D eigenvalue weighted by Crippen LogP contribution is -2.40. The van der Waals surface area contributed by atoms with Gasteiger partial charge in [-0.15, -0.1) is 0 Å². The highest BCUT2D eigenvalue weighted by Gasteiger charge is 2.18. The van der Waals surface area contributed by atoms with Gasteiger partial charge in [0.05, 0.1) is 4.99 Å². The lowest BCUT2D eigenvalue weighted by molar-refractivity contribution is -0.139. The number of nitrogens with one attached hydrogen (secondary N) is 1. The van der Waals surface area contributed by atoms with Crippen LogP contribution in [0.4, 0.5) is 0 Å². The molecule has 0 saturated carbocycles. The van der Waals surface area contributed by atoms with E-state index in [4.69, 9.17) is 12.2 Å². The Morgan fingerprint density at radius 2 is 1.62 bits per heavy atom. The summed E-state index contributed by atoms with van der Waals surface area (Å²) in [6, 6.07) is 7.24. The molecule has 7 nitrogen and oxygen atoms in total. The number of benzene rings is 2. The number of carboxylic acid groups (broad SMARTS) is 1. The van der Waals surface area contributed by atoms with Crippen molar-refractivity contribution in [3.63, 3.8) is 0 Å². The van der Waals surface area contributed by atoms with Crippen LogP contribution in [-0.2, 0) is 11.2 Å². The molecule has 0 radical (unpaired) electrons.